The molecule has 0 spiro atoms. The Morgan fingerprint density at radius 2 is 1.07 bits per heavy atom. The zero-order valence-corrected chi connectivity index (χ0v) is 30.0. The molecule has 216 valence electrons. The summed E-state index contributed by atoms with van der Waals surface area (Å²) in [5.41, 5.74) is 10.3. The first kappa shape index (κ1) is 32.3. The van der Waals surface area contributed by atoms with Crippen LogP contribution in [0.3, 0.4) is 0 Å². The molecule has 0 saturated carbocycles. The molecule has 0 radical (unpaired) electrons. The van der Waals surface area contributed by atoms with E-state index in [1.807, 2.05) is 0 Å². The monoisotopic (exact) mass is 776 g/mol. The van der Waals surface area contributed by atoms with E-state index in [-0.39, 0.29) is 5.41 Å². The molecule has 0 amide bonds. The maximum atomic E-state index is 3.87. The highest BCUT2D eigenvalue weighted by molar-refractivity contribution is 14.1. The Morgan fingerprint density at radius 3 is 1.57 bits per heavy atom. The van der Waals surface area contributed by atoms with Gasteiger partial charge >= 0.3 is 0 Å². The molecule has 0 bridgehead atoms. The Hall–Kier alpha value is -0.650. The van der Waals surface area contributed by atoms with Gasteiger partial charge in [-0.3, -0.25) is 0 Å². The summed E-state index contributed by atoms with van der Waals surface area (Å²) in [6.07, 6.45) is 19.3. The van der Waals surface area contributed by atoms with Crippen LogP contribution in [-0.4, -0.2) is 4.43 Å². The number of benzene rings is 3. The standard InChI is InChI=1S/C37H47Br2I/c1-3-5-7-11-15-28-23-29(16-12-8-6-4-2)25-30(24-28)37(21-13-9-10-14-22-40)35-26-31(38)17-19-33(35)34-20-18-32(39)27-36(34)37/h17-20,23-27H,3-16,21-22H2,1-2H3. The van der Waals surface area contributed by atoms with Crippen LogP contribution in [0, 0.1) is 0 Å². The second-order valence-corrected chi connectivity index (χ2v) is 14.7. The predicted molar refractivity (Wildman–Crippen MR) is 191 cm³/mol. The third-order valence-corrected chi connectivity index (χ3v) is 10.5. The molecule has 40 heavy (non-hydrogen) atoms. The highest BCUT2D eigenvalue weighted by atomic mass is 127. The summed E-state index contributed by atoms with van der Waals surface area (Å²) in [5.74, 6) is 0. The van der Waals surface area contributed by atoms with Crippen molar-refractivity contribution in [1.82, 2.24) is 0 Å². The van der Waals surface area contributed by atoms with Crippen molar-refractivity contribution in [3.63, 3.8) is 0 Å². The van der Waals surface area contributed by atoms with Gasteiger partial charge in [-0.1, -0.05) is 156 Å². The van der Waals surface area contributed by atoms with Gasteiger partial charge in [0, 0.05) is 14.4 Å². The SMILES string of the molecule is CCCCCCc1cc(CCCCCC)cc(C2(CCCCCCI)c3cc(Br)ccc3-c3ccc(Br)cc32)c1. The molecular weight excluding hydrogens is 731 g/mol. The van der Waals surface area contributed by atoms with Gasteiger partial charge < -0.3 is 0 Å². The summed E-state index contributed by atoms with van der Waals surface area (Å²) in [7, 11) is 0. The first-order chi connectivity index (χ1) is 19.5. The quantitative estimate of drug-likeness (QED) is 0.0727. The topological polar surface area (TPSA) is 0 Å². The van der Waals surface area contributed by atoms with E-state index in [0.717, 1.165) is 6.42 Å². The van der Waals surface area contributed by atoms with Gasteiger partial charge in [0.05, 0.1) is 0 Å². The van der Waals surface area contributed by atoms with Crippen LogP contribution in [0.1, 0.15) is 125 Å². The molecule has 3 heteroatoms. The van der Waals surface area contributed by atoms with Gasteiger partial charge in [-0.25, -0.2) is 0 Å². The van der Waals surface area contributed by atoms with Crippen molar-refractivity contribution in [2.45, 2.75) is 116 Å². The average Bonchev–Trinajstić information content (AvgIpc) is 3.22. The summed E-state index contributed by atoms with van der Waals surface area (Å²) in [4.78, 5) is 0. The van der Waals surface area contributed by atoms with Crippen molar-refractivity contribution in [2.24, 2.45) is 0 Å². The fourth-order valence-electron chi connectivity index (χ4n) is 6.73. The van der Waals surface area contributed by atoms with Crippen molar-refractivity contribution < 1.29 is 0 Å². The molecule has 1 aliphatic carbocycles. The molecule has 0 fully saturated rings. The van der Waals surface area contributed by atoms with Gasteiger partial charge in [0.15, 0.2) is 0 Å². The van der Waals surface area contributed by atoms with Crippen molar-refractivity contribution in [3.8, 4) is 11.1 Å². The van der Waals surface area contributed by atoms with Crippen LogP contribution in [0.2, 0.25) is 0 Å². The molecule has 0 nitrogen and oxygen atoms in total. The first-order valence-corrected chi connectivity index (χ1v) is 18.9. The lowest BCUT2D eigenvalue weighted by molar-refractivity contribution is 0.515. The Balaban J connectivity index is 1.84. The number of fused-ring (bicyclic) bond motifs is 3. The molecule has 0 heterocycles. The number of rotatable bonds is 17. The van der Waals surface area contributed by atoms with Crippen LogP contribution in [0.25, 0.3) is 11.1 Å². The molecule has 0 aliphatic heterocycles. The smallest absolute Gasteiger partial charge is 0.0464 e. The zero-order valence-electron chi connectivity index (χ0n) is 24.6. The number of halogens is 3. The lowest BCUT2D eigenvalue weighted by atomic mass is 9.68. The summed E-state index contributed by atoms with van der Waals surface area (Å²) >= 11 is 10.3. The number of unbranched alkanes of at least 4 members (excludes halogenated alkanes) is 9. The van der Waals surface area contributed by atoms with E-state index < -0.39 is 0 Å². The second kappa shape index (κ2) is 16.3. The van der Waals surface area contributed by atoms with Crippen molar-refractivity contribution in [3.05, 3.63) is 91.4 Å². The first-order valence-electron chi connectivity index (χ1n) is 15.8. The Morgan fingerprint density at radius 1 is 0.575 bits per heavy atom. The van der Waals surface area contributed by atoms with Gasteiger partial charge in [-0.15, -0.1) is 0 Å². The van der Waals surface area contributed by atoms with E-state index in [1.165, 1.54) is 131 Å². The molecular formula is C37H47Br2I. The summed E-state index contributed by atoms with van der Waals surface area (Å²) < 4.78 is 3.63. The minimum atomic E-state index is -0.111. The minimum Gasteiger partial charge on any atom is -0.0864 e. The van der Waals surface area contributed by atoms with Gasteiger partial charge in [-0.2, -0.15) is 0 Å². The maximum absolute atomic E-state index is 3.87. The highest BCUT2D eigenvalue weighted by Crippen LogP contribution is 2.56. The predicted octanol–water partition coefficient (Wildman–Crippen LogP) is 13.2. The molecule has 3 aromatic carbocycles. The molecule has 0 aromatic heterocycles. The van der Waals surface area contributed by atoms with E-state index >= 15 is 0 Å². The van der Waals surface area contributed by atoms with Crippen LogP contribution in [0.15, 0.2) is 63.5 Å². The highest BCUT2D eigenvalue weighted by Gasteiger charge is 2.44. The Labute approximate surface area is 274 Å². The van der Waals surface area contributed by atoms with Gasteiger partial charge in [0.1, 0.15) is 0 Å². The molecule has 1 aliphatic rings. The number of hydrogen-bond donors (Lipinski definition) is 0. The fraction of sp³-hybridized carbons (Fsp3) is 0.514. The van der Waals surface area contributed by atoms with Crippen LogP contribution in [0.4, 0.5) is 0 Å². The fourth-order valence-corrected chi connectivity index (χ4v) is 7.99. The van der Waals surface area contributed by atoms with Gasteiger partial charge in [0.2, 0.25) is 0 Å². The third-order valence-electron chi connectivity index (χ3n) is 8.79. The number of hydrogen-bond acceptors (Lipinski definition) is 0. The van der Waals surface area contributed by atoms with E-state index in [4.69, 9.17) is 0 Å². The van der Waals surface area contributed by atoms with Crippen LogP contribution in [-0.2, 0) is 18.3 Å². The molecule has 4 rings (SSSR count). The van der Waals surface area contributed by atoms with Crippen molar-refractivity contribution in [2.75, 3.05) is 4.43 Å². The maximum Gasteiger partial charge on any atom is 0.0464 e. The van der Waals surface area contributed by atoms with E-state index in [1.54, 1.807) is 11.1 Å². The largest absolute Gasteiger partial charge is 0.0864 e. The van der Waals surface area contributed by atoms with E-state index in [2.05, 4.69) is 123 Å². The molecule has 0 unspecified atom stereocenters. The van der Waals surface area contributed by atoms with Crippen LogP contribution >= 0.6 is 54.5 Å². The number of aryl methyl sites for hydroxylation is 2. The third kappa shape index (κ3) is 7.84. The van der Waals surface area contributed by atoms with Gasteiger partial charge in [-0.05, 0) is 106 Å². The summed E-state index contributed by atoms with van der Waals surface area (Å²) in [6.45, 7) is 4.62. The lowest BCUT2D eigenvalue weighted by Crippen LogP contribution is -2.27. The molecule has 3 aromatic rings. The Bertz CT molecular complexity index is 1150. The van der Waals surface area contributed by atoms with Crippen molar-refractivity contribution in [1.29, 1.82) is 0 Å². The summed E-state index contributed by atoms with van der Waals surface area (Å²) in [6, 6.07) is 21.8. The lowest BCUT2D eigenvalue weighted by Gasteiger charge is -2.34. The number of alkyl halides is 1. The Kier molecular flexibility index (Phi) is 13.1. The van der Waals surface area contributed by atoms with Crippen LogP contribution in [0.5, 0.6) is 0 Å². The average molecular weight is 778 g/mol. The van der Waals surface area contributed by atoms with E-state index in [0.29, 0.717) is 0 Å². The van der Waals surface area contributed by atoms with Gasteiger partial charge in [0.25, 0.3) is 0 Å². The molecule has 0 saturated heterocycles. The summed E-state index contributed by atoms with van der Waals surface area (Å²) in [5, 5.41) is 0. The minimum absolute atomic E-state index is 0.111. The second-order valence-electron chi connectivity index (χ2n) is 11.8. The molecule has 0 atom stereocenters. The van der Waals surface area contributed by atoms with Crippen molar-refractivity contribution >= 4 is 54.5 Å². The molecule has 0 N–H and O–H groups in total. The van der Waals surface area contributed by atoms with Crippen LogP contribution < -0.4 is 0 Å². The zero-order chi connectivity index (χ0) is 28.4. The van der Waals surface area contributed by atoms with E-state index in [9.17, 15) is 0 Å². The normalized spacial score (nSPS) is 13.4.